The molecular formula is C29H38N8O10S2. The van der Waals surface area contributed by atoms with Crippen molar-refractivity contribution >= 4 is 57.2 Å². The number of oxime groups is 1. The fourth-order valence-electron chi connectivity index (χ4n) is 5.97. The van der Waals surface area contributed by atoms with E-state index in [0.717, 1.165) is 16.9 Å². The number of anilines is 1. The topological polar surface area (TPSA) is 288 Å². The molecule has 3 heterocycles. The molecule has 2 aliphatic heterocycles. The number of β-lactam (4-membered cyclic amide) rings is 1. The summed E-state index contributed by atoms with van der Waals surface area (Å²) < 4.78 is 30.8. The minimum atomic E-state index is -2.78. The Kier molecular flexibility index (Phi) is 10.0. The Balaban J connectivity index is 1.31. The van der Waals surface area contributed by atoms with Gasteiger partial charge in [-0.3, -0.25) is 19.1 Å². The number of rotatable bonds is 13. The third-order valence-electron chi connectivity index (χ3n) is 8.96. The molecule has 20 heteroatoms. The maximum absolute atomic E-state index is 13.4. The number of benzene rings is 1. The van der Waals surface area contributed by atoms with E-state index in [1.807, 2.05) is 6.07 Å². The molecule has 266 valence electrons. The first-order valence-corrected chi connectivity index (χ1v) is 17.0. The number of thiazole rings is 1. The second-order valence-electron chi connectivity index (χ2n) is 13.0. The number of hydrogen-bond acceptors (Lipinski definition) is 14. The van der Waals surface area contributed by atoms with Crippen LogP contribution in [-0.4, -0.2) is 100 Å². The number of amidine groups is 1. The van der Waals surface area contributed by atoms with Crippen LogP contribution in [0.5, 0.6) is 5.75 Å². The number of aliphatic hydroxyl groups excluding tert-OH is 1. The molecule has 0 radical (unpaired) electrons. The summed E-state index contributed by atoms with van der Waals surface area (Å²) >= 11 is -1.79. The lowest BCUT2D eigenvalue weighted by molar-refractivity contribution is -0.216. The molecule has 4 atom stereocenters. The number of carbonyl (C=O) groups is 3. The van der Waals surface area contributed by atoms with Crippen molar-refractivity contribution in [3.05, 3.63) is 40.4 Å². The molecule has 3 aliphatic rings. The van der Waals surface area contributed by atoms with Crippen LogP contribution in [0.2, 0.25) is 0 Å². The smallest absolute Gasteiger partial charge is 0.354 e. The molecule has 18 nitrogen and oxygen atoms in total. The summed E-state index contributed by atoms with van der Waals surface area (Å²) in [6, 6.07) is 4.00. The zero-order chi connectivity index (χ0) is 35.9. The van der Waals surface area contributed by atoms with Crippen LogP contribution in [0.3, 0.4) is 0 Å². The van der Waals surface area contributed by atoms with E-state index in [1.54, 1.807) is 12.1 Å². The molecule has 2 aromatic rings. The SMILES string of the molecule is CC1(C)[C@H](NC(=O)/C(=N\O[C@](C)(C(=O)O)[C@H]2CCc3cc(C(N)=NCC4CC(N)(CO)C4)ccc3O2)c2csc(N)n2)C(=O)N1OS(=O)O. The normalized spacial score (nSPS) is 26.7. The van der Waals surface area contributed by atoms with Gasteiger partial charge >= 0.3 is 17.3 Å². The zero-order valence-electron chi connectivity index (χ0n) is 26.8. The Bertz CT molecular complexity index is 1730. The number of nitrogens with one attached hydrogen (secondary N) is 1. The Hall–Kier alpha value is -4.21. The van der Waals surface area contributed by atoms with E-state index in [0.29, 0.717) is 48.0 Å². The average Bonchev–Trinajstić information content (AvgIpc) is 3.48. The number of aryl methyl sites for hydroxylation is 1. The Labute approximate surface area is 287 Å². The molecule has 5 rings (SSSR count). The lowest BCUT2D eigenvalue weighted by Crippen LogP contribution is -2.76. The molecule has 1 aromatic carbocycles. The van der Waals surface area contributed by atoms with Gasteiger partial charge in [-0.15, -0.1) is 15.6 Å². The highest BCUT2D eigenvalue weighted by atomic mass is 32.2. The van der Waals surface area contributed by atoms with Gasteiger partial charge in [0.25, 0.3) is 17.4 Å². The van der Waals surface area contributed by atoms with E-state index in [4.69, 9.17) is 31.3 Å². The lowest BCUT2D eigenvalue weighted by atomic mass is 9.69. The first kappa shape index (κ1) is 36.1. The van der Waals surface area contributed by atoms with E-state index in [2.05, 4.69) is 24.7 Å². The number of aromatic nitrogens is 1. The first-order chi connectivity index (χ1) is 23.0. The summed E-state index contributed by atoms with van der Waals surface area (Å²) in [5.74, 6) is -2.20. The average molecular weight is 723 g/mol. The van der Waals surface area contributed by atoms with Gasteiger partial charge in [0.15, 0.2) is 16.9 Å². The molecule has 10 N–H and O–H groups in total. The fraction of sp³-hybridized carbons (Fsp3) is 0.517. The Morgan fingerprint density at radius 2 is 2.04 bits per heavy atom. The molecule has 1 saturated heterocycles. The highest BCUT2D eigenvalue weighted by Gasteiger charge is 2.57. The third kappa shape index (κ3) is 7.24. The Morgan fingerprint density at radius 3 is 2.63 bits per heavy atom. The van der Waals surface area contributed by atoms with Gasteiger partial charge in [-0.05, 0) is 76.1 Å². The number of hydroxylamine groups is 2. The van der Waals surface area contributed by atoms with Crippen LogP contribution in [-0.2, 0) is 41.3 Å². The predicted octanol–water partition coefficient (Wildman–Crippen LogP) is -0.338. The number of nitrogen functional groups attached to an aromatic ring is 1. The number of nitrogens with two attached hydrogens (primary N) is 3. The summed E-state index contributed by atoms with van der Waals surface area (Å²) in [5, 5.41) is 28.2. The number of amides is 2. The molecular weight excluding hydrogens is 684 g/mol. The lowest BCUT2D eigenvalue weighted by Gasteiger charge is -2.50. The van der Waals surface area contributed by atoms with Crippen LogP contribution in [0.1, 0.15) is 56.9 Å². The number of hydrogen-bond donors (Lipinski definition) is 7. The molecule has 2 fully saturated rings. The predicted molar refractivity (Wildman–Crippen MR) is 176 cm³/mol. The van der Waals surface area contributed by atoms with Gasteiger partial charge in [0, 0.05) is 23.0 Å². The standard InChI is InChI=1S/C29H38N8O10S2/c1-27(2)21(24(40)37(27)47-49(43)44)35-23(39)20(17-12-48-26(31)34-17)36-46-28(3,25(41)42)19-7-5-15-8-16(4-6-18(15)45-19)22(30)33-11-14-9-29(32,10-14)13-38/h4,6,8,12,14,19,21,38H,5,7,9-11,13,32H2,1-3H3,(H2,30,33)(H2,31,34)(H,35,39)(H,41,42)(H,43,44)/b36-20-/t14?,19-,21-,28+,29?/m1/s1. The highest BCUT2D eigenvalue weighted by molar-refractivity contribution is 7.74. The van der Waals surface area contributed by atoms with Crippen LogP contribution in [0.4, 0.5) is 5.13 Å². The van der Waals surface area contributed by atoms with Crippen LogP contribution in [0, 0.1) is 5.92 Å². The molecule has 1 saturated carbocycles. The second kappa shape index (κ2) is 13.6. The molecule has 0 spiro atoms. The largest absolute Gasteiger partial charge is 0.485 e. The number of aliphatic imine (C=N–C) groups is 1. The van der Waals surface area contributed by atoms with Crippen molar-refractivity contribution in [3.8, 4) is 5.75 Å². The molecule has 1 aromatic heterocycles. The quantitative estimate of drug-likeness (QED) is 0.0458. The number of carbonyl (C=O) groups excluding carboxylic acids is 2. The van der Waals surface area contributed by atoms with E-state index < -0.39 is 63.7 Å². The zero-order valence-corrected chi connectivity index (χ0v) is 28.5. The molecule has 1 aliphatic carbocycles. The van der Waals surface area contributed by atoms with Crippen molar-refractivity contribution in [2.75, 3.05) is 18.9 Å². The number of aliphatic hydroxyl groups is 1. The molecule has 49 heavy (non-hydrogen) atoms. The van der Waals surface area contributed by atoms with Crippen LogP contribution in [0.25, 0.3) is 0 Å². The number of aliphatic carboxylic acids is 1. The van der Waals surface area contributed by atoms with Crippen molar-refractivity contribution in [1.29, 1.82) is 0 Å². The summed E-state index contributed by atoms with van der Waals surface area (Å²) in [6.45, 7) is 4.65. The van der Waals surface area contributed by atoms with Crippen molar-refractivity contribution in [2.24, 2.45) is 27.5 Å². The van der Waals surface area contributed by atoms with Crippen molar-refractivity contribution in [2.45, 2.75) is 75.3 Å². The van der Waals surface area contributed by atoms with E-state index >= 15 is 0 Å². The van der Waals surface area contributed by atoms with Gasteiger partial charge in [0.05, 0.1) is 12.1 Å². The first-order valence-electron chi connectivity index (χ1n) is 15.1. The molecule has 2 amide bonds. The third-order valence-corrected chi connectivity index (χ3v) is 9.91. The minimum absolute atomic E-state index is 0.0448. The van der Waals surface area contributed by atoms with Crippen molar-refractivity contribution in [1.82, 2.24) is 15.4 Å². The number of carboxylic acid groups (broad SMARTS) is 1. The number of nitrogens with zero attached hydrogens (tertiary/aromatic N) is 4. The fourth-order valence-corrected chi connectivity index (χ4v) is 6.91. The summed E-state index contributed by atoms with van der Waals surface area (Å²) in [6.07, 6.45) is 0.881. The highest BCUT2D eigenvalue weighted by Crippen LogP contribution is 2.37. The summed E-state index contributed by atoms with van der Waals surface area (Å²) in [5.41, 5.74) is 15.1. The van der Waals surface area contributed by atoms with Crippen LogP contribution < -0.4 is 27.3 Å². The second-order valence-corrected chi connectivity index (χ2v) is 14.5. The molecule has 0 bridgehead atoms. The van der Waals surface area contributed by atoms with Crippen LogP contribution >= 0.6 is 11.3 Å². The van der Waals surface area contributed by atoms with Gasteiger partial charge in [-0.2, -0.15) is 9.27 Å². The number of ether oxygens (including phenoxy) is 1. The van der Waals surface area contributed by atoms with Gasteiger partial charge in [-0.25, -0.2) is 9.78 Å². The van der Waals surface area contributed by atoms with E-state index in [9.17, 15) is 28.8 Å². The number of fused-ring (bicyclic) bond motifs is 1. The van der Waals surface area contributed by atoms with Gasteiger partial charge in [0.2, 0.25) is 0 Å². The van der Waals surface area contributed by atoms with E-state index in [-0.39, 0.29) is 29.8 Å². The maximum Gasteiger partial charge on any atom is 0.354 e. The number of carboxylic acids is 1. The maximum atomic E-state index is 13.4. The molecule has 1 unspecified atom stereocenters. The van der Waals surface area contributed by atoms with E-state index in [1.165, 1.54) is 26.2 Å². The van der Waals surface area contributed by atoms with Gasteiger partial charge < -0.3 is 42.3 Å². The van der Waals surface area contributed by atoms with Crippen molar-refractivity contribution < 1.29 is 47.2 Å². The Morgan fingerprint density at radius 1 is 1.33 bits per heavy atom. The summed E-state index contributed by atoms with van der Waals surface area (Å²) in [7, 11) is 0. The van der Waals surface area contributed by atoms with Gasteiger partial charge in [-0.1, -0.05) is 5.16 Å². The van der Waals surface area contributed by atoms with Crippen molar-refractivity contribution in [3.63, 3.8) is 0 Å². The summed E-state index contributed by atoms with van der Waals surface area (Å²) in [4.78, 5) is 52.8. The minimum Gasteiger partial charge on any atom is -0.485 e. The van der Waals surface area contributed by atoms with Gasteiger partial charge in [0.1, 0.15) is 23.3 Å². The monoisotopic (exact) mass is 722 g/mol. The van der Waals surface area contributed by atoms with Crippen LogP contribution in [0.15, 0.2) is 33.7 Å².